The summed E-state index contributed by atoms with van der Waals surface area (Å²) in [4.78, 5) is 35.3. The van der Waals surface area contributed by atoms with Crippen molar-refractivity contribution in [2.75, 3.05) is 13.1 Å². The molecule has 0 bridgehead atoms. The number of fused-ring (bicyclic) bond motifs is 2. The Hall–Kier alpha value is -3.78. The van der Waals surface area contributed by atoms with Gasteiger partial charge < -0.3 is 14.3 Å². The van der Waals surface area contributed by atoms with Crippen molar-refractivity contribution in [3.63, 3.8) is 0 Å². The number of hydrogen-bond acceptors (Lipinski definition) is 5. The molecular formula is C28H26N4O3S. The summed E-state index contributed by atoms with van der Waals surface area (Å²) < 4.78 is 7.72. The van der Waals surface area contributed by atoms with Gasteiger partial charge in [-0.2, -0.15) is 0 Å². The molecule has 0 unspecified atom stereocenters. The van der Waals surface area contributed by atoms with Crippen LogP contribution in [0.3, 0.4) is 0 Å². The molecule has 3 aromatic carbocycles. The van der Waals surface area contributed by atoms with E-state index in [4.69, 9.17) is 4.42 Å². The lowest BCUT2D eigenvalue weighted by Gasteiger charge is -2.32. The van der Waals surface area contributed by atoms with Crippen molar-refractivity contribution in [1.29, 1.82) is 0 Å². The van der Waals surface area contributed by atoms with Crippen molar-refractivity contribution < 1.29 is 9.21 Å². The number of H-pyrrole nitrogens is 1. The standard InChI is InChI=1S/C28H26N4O3S/c1-18-6-4-11-24-25(18)30-28(35-24)36-17-19-7-5-8-20(16-19)26(33)31-14-12-21(13-15-31)32-23-10-3-2-9-22(23)29-27(32)34/h2-11,16,21H,12-15,17H2,1H3,(H,29,34). The monoisotopic (exact) mass is 498 g/mol. The SMILES string of the molecule is Cc1cccc2oc(SCc3cccc(C(=O)N4CCC(n5c(=O)[nH]c6ccccc65)CC4)c3)nc12. The van der Waals surface area contributed by atoms with E-state index in [1.54, 1.807) is 0 Å². The first-order valence-electron chi connectivity index (χ1n) is 12.1. The minimum Gasteiger partial charge on any atom is -0.431 e. The summed E-state index contributed by atoms with van der Waals surface area (Å²) in [5.41, 5.74) is 6.20. The quantitative estimate of drug-likeness (QED) is 0.321. The van der Waals surface area contributed by atoms with Crippen LogP contribution in [0.4, 0.5) is 0 Å². The summed E-state index contributed by atoms with van der Waals surface area (Å²) in [5, 5.41) is 0.630. The highest BCUT2D eigenvalue weighted by Crippen LogP contribution is 2.29. The summed E-state index contributed by atoms with van der Waals surface area (Å²) in [6.07, 6.45) is 1.50. The first kappa shape index (κ1) is 22.7. The van der Waals surface area contributed by atoms with Gasteiger partial charge in [-0.15, -0.1) is 0 Å². The Morgan fingerprint density at radius 1 is 1.08 bits per heavy atom. The van der Waals surface area contributed by atoms with E-state index in [-0.39, 0.29) is 17.6 Å². The number of likely N-dealkylation sites (tertiary alicyclic amines) is 1. The largest absolute Gasteiger partial charge is 0.431 e. The van der Waals surface area contributed by atoms with Crippen molar-refractivity contribution in [2.24, 2.45) is 0 Å². The molecule has 1 amide bonds. The van der Waals surface area contributed by atoms with Crippen LogP contribution in [-0.4, -0.2) is 38.4 Å². The van der Waals surface area contributed by atoms with Gasteiger partial charge in [-0.25, -0.2) is 9.78 Å². The fourth-order valence-electron chi connectivity index (χ4n) is 5.01. The zero-order valence-electron chi connectivity index (χ0n) is 19.9. The van der Waals surface area contributed by atoms with E-state index in [1.165, 1.54) is 11.8 Å². The van der Waals surface area contributed by atoms with Gasteiger partial charge in [0.1, 0.15) is 5.52 Å². The second kappa shape index (κ2) is 9.35. The van der Waals surface area contributed by atoms with E-state index in [0.717, 1.165) is 46.1 Å². The van der Waals surface area contributed by atoms with Crippen LogP contribution in [-0.2, 0) is 5.75 Å². The summed E-state index contributed by atoms with van der Waals surface area (Å²) in [6.45, 7) is 3.27. The van der Waals surface area contributed by atoms with Gasteiger partial charge in [0.15, 0.2) is 5.58 Å². The van der Waals surface area contributed by atoms with E-state index in [2.05, 4.69) is 9.97 Å². The minimum atomic E-state index is -0.0831. The normalized spacial score (nSPS) is 14.6. The number of carbonyl (C=O) groups is 1. The fourth-order valence-corrected chi connectivity index (χ4v) is 5.79. The second-order valence-corrected chi connectivity index (χ2v) is 10.2. The topological polar surface area (TPSA) is 84.1 Å². The van der Waals surface area contributed by atoms with E-state index in [9.17, 15) is 9.59 Å². The number of imidazole rings is 1. The molecule has 2 aromatic heterocycles. The molecule has 1 aliphatic rings. The van der Waals surface area contributed by atoms with Crippen LogP contribution in [0.25, 0.3) is 22.1 Å². The maximum atomic E-state index is 13.3. The van der Waals surface area contributed by atoms with Gasteiger partial charge in [0.25, 0.3) is 11.1 Å². The van der Waals surface area contributed by atoms with Crippen LogP contribution in [0.1, 0.15) is 40.4 Å². The number of rotatable bonds is 5. The maximum Gasteiger partial charge on any atom is 0.326 e. The molecule has 7 nitrogen and oxygen atoms in total. The number of para-hydroxylation sites is 3. The predicted molar refractivity (Wildman–Crippen MR) is 141 cm³/mol. The summed E-state index contributed by atoms with van der Waals surface area (Å²) in [6, 6.07) is 21.5. The van der Waals surface area contributed by atoms with Gasteiger partial charge in [0.2, 0.25) is 0 Å². The number of piperidine rings is 1. The van der Waals surface area contributed by atoms with Gasteiger partial charge in [-0.1, -0.05) is 48.2 Å². The highest BCUT2D eigenvalue weighted by Gasteiger charge is 2.26. The third-order valence-corrected chi connectivity index (χ3v) is 7.78. The van der Waals surface area contributed by atoms with E-state index >= 15 is 0 Å². The van der Waals surface area contributed by atoms with Crippen LogP contribution >= 0.6 is 11.8 Å². The van der Waals surface area contributed by atoms with Crippen LogP contribution in [0.5, 0.6) is 0 Å². The number of aromatic nitrogens is 3. The third kappa shape index (κ3) is 4.22. The van der Waals surface area contributed by atoms with Gasteiger partial charge in [-0.3, -0.25) is 9.36 Å². The Bertz CT molecular complexity index is 1620. The lowest BCUT2D eigenvalue weighted by Crippen LogP contribution is -2.40. The van der Waals surface area contributed by atoms with Crippen LogP contribution in [0.2, 0.25) is 0 Å². The summed E-state index contributed by atoms with van der Waals surface area (Å²) >= 11 is 1.53. The zero-order chi connectivity index (χ0) is 24.6. The first-order chi connectivity index (χ1) is 17.6. The molecule has 6 rings (SSSR count). The van der Waals surface area contributed by atoms with Gasteiger partial charge >= 0.3 is 5.69 Å². The van der Waals surface area contributed by atoms with Crippen molar-refractivity contribution in [2.45, 2.75) is 36.8 Å². The van der Waals surface area contributed by atoms with E-state index in [1.807, 2.05) is 83.1 Å². The molecule has 0 atom stereocenters. The number of benzene rings is 3. The van der Waals surface area contributed by atoms with E-state index in [0.29, 0.717) is 29.6 Å². The van der Waals surface area contributed by atoms with Crippen molar-refractivity contribution in [1.82, 2.24) is 19.4 Å². The molecule has 1 fully saturated rings. The number of aromatic amines is 1. The zero-order valence-corrected chi connectivity index (χ0v) is 20.8. The molecule has 36 heavy (non-hydrogen) atoms. The van der Waals surface area contributed by atoms with Crippen LogP contribution in [0, 0.1) is 6.92 Å². The number of aryl methyl sites for hydroxylation is 1. The molecular weight excluding hydrogens is 472 g/mol. The molecule has 182 valence electrons. The Morgan fingerprint density at radius 3 is 2.72 bits per heavy atom. The smallest absolute Gasteiger partial charge is 0.326 e. The Morgan fingerprint density at radius 2 is 1.89 bits per heavy atom. The van der Waals surface area contributed by atoms with Crippen molar-refractivity contribution in [3.05, 3.63) is 93.9 Å². The molecule has 0 aliphatic carbocycles. The number of amides is 1. The molecule has 0 spiro atoms. The summed E-state index contributed by atoms with van der Waals surface area (Å²) in [5.74, 6) is 0.697. The summed E-state index contributed by atoms with van der Waals surface area (Å²) in [7, 11) is 0. The third-order valence-electron chi connectivity index (χ3n) is 6.88. The predicted octanol–water partition coefficient (Wildman–Crippen LogP) is 5.55. The van der Waals surface area contributed by atoms with Crippen LogP contribution in [0.15, 0.2) is 81.2 Å². The Kier molecular flexibility index (Phi) is 5.89. The second-order valence-electron chi connectivity index (χ2n) is 9.23. The Balaban J connectivity index is 1.11. The number of oxazole rings is 1. The van der Waals surface area contributed by atoms with E-state index < -0.39 is 0 Å². The Labute approximate surface area is 212 Å². The molecule has 0 saturated carbocycles. The fraction of sp³-hybridized carbons (Fsp3) is 0.250. The highest BCUT2D eigenvalue weighted by atomic mass is 32.2. The molecule has 3 heterocycles. The minimum absolute atomic E-state index is 0.0315. The number of carbonyl (C=O) groups excluding carboxylic acids is 1. The number of hydrogen-bond donors (Lipinski definition) is 1. The lowest BCUT2D eigenvalue weighted by atomic mass is 10.0. The maximum absolute atomic E-state index is 13.3. The van der Waals surface area contributed by atoms with Gasteiger partial charge in [0.05, 0.1) is 11.0 Å². The molecule has 1 saturated heterocycles. The molecule has 8 heteroatoms. The first-order valence-corrected chi connectivity index (χ1v) is 13.1. The molecule has 5 aromatic rings. The van der Waals surface area contributed by atoms with Crippen molar-refractivity contribution in [3.8, 4) is 0 Å². The highest BCUT2D eigenvalue weighted by molar-refractivity contribution is 7.98. The van der Waals surface area contributed by atoms with Crippen molar-refractivity contribution >= 4 is 39.8 Å². The lowest BCUT2D eigenvalue weighted by molar-refractivity contribution is 0.0695. The molecule has 1 aliphatic heterocycles. The number of nitrogens with one attached hydrogen (secondary N) is 1. The molecule has 0 radical (unpaired) electrons. The van der Waals surface area contributed by atoms with Crippen LogP contribution < -0.4 is 5.69 Å². The molecule has 1 N–H and O–H groups in total. The number of nitrogens with zero attached hydrogens (tertiary/aromatic N) is 3. The average Bonchev–Trinajstić information content (AvgIpc) is 3.48. The van der Waals surface area contributed by atoms with Gasteiger partial charge in [-0.05, 0) is 61.2 Å². The number of thioether (sulfide) groups is 1. The average molecular weight is 499 g/mol. The van der Waals surface area contributed by atoms with Gasteiger partial charge in [0, 0.05) is 30.4 Å².